The third-order valence-corrected chi connectivity index (χ3v) is 2.05. The van der Waals surface area contributed by atoms with Crippen LogP contribution < -0.4 is 10.6 Å². The Morgan fingerprint density at radius 1 is 1.15 bits per heavy atom. The third kappa shape index (κ3) is 5.25. The van der Waals surface area contributed by atoms with Crippen molar-refractivity contribution in [2.75, 3.05) is 0 Å². The number of amides is 3. The maximum absolute atomic E-state index is 12.9. The van der Waals surface area contributed by atoms with E-state index in [-0.39, 0.29) is 6.54 Å². The molecule has 0 spiro atoms. The van der Waals surface area contributed by atoms with Crippen LogP contribution in [0.2, 0.25) is 0 Å². The molecular weight excluding hydrogens is 274 g/mol. The number of rotatable bonds is 4. The van der Waals surface area contributed by atoms with E-state index < -0.39 is 29.5 Å². The number of benzene rings is 1. The molecule has 0 heterocycles. The predicted octanol–water partition coefficient (Wildman–Crippen LogP) is 0.931. The van der Waals surface area contributed by atoms with Crippen molar-refractivity contribution in [3.63, 3.8) is 0 Å². The molecule has 3 amide bonds. The van der Waals surface area contributed by atoms with Crippen molar-refractivity contribution in [1.29, 1.82) is 0 Å². The lowest BCUT2D eigenvalue weighted by molar-refractivity contribution is -0.131. The Kier molecular flexibility index (Phi) is 5.33. The van der Waals surface area contributed by atoms with E-state index in [9.17, 15) is 23.2 Å². The zero-order chi connectivity index (χ0) is 15.1. The van der Waals surface area contributed by atoms with Crippen LogP contribution >= 0.6 is 0 Å². The number of carboxylic acid groups (broad SMARTS) is 1. The molecule has 0 aliphatic carbocycles. The number of carbonyl (C=O) groups is 3. The van der Waals surface area contributed by atoms with E-state index in [4.69, 9.17) is 5.11 Å². The Balaban J connectivity index is 2.45. The normalized spacial score (nSPS) is 10.3. The van der Waals surface area contributed by atoms with Gasteiger partial charge in [0.2, 0.25) is 0 Å². The van der Waals surface area contributed by atoms with Gasteiger partial charge in [0.1, 0.15) is 0 Å². The summed E-state index contributed by atoms with van der Waals surface area (Å²) in [6.45, 7) is -0.126. The standard InChI is InChI=1S/C12H10F2N2O4/c13-8-2-1-7(5-9(8)14)6-15-12(20)16-10(17)3-4-11(18)19/h1-5H,6H2,(H,18,19)(H2,15,16,17,20). The van der Waals surface area contributed by atoms with Crippen LogP contribution in [0.15, 0.2) is 30.4 Å². The van der Waals surface area contributed by atoms with Crippen molar-refractivity contribution >= 4 is 17.9 Å². The predicted molar refractivity (Wildman–Crippen MR) is 63.5 cm³/mol. The summed E-state index contributed by atoms with van der Waals surface area (Å²) in [6.07, 6.45) is 1.23. The molecule has 0 atom stereocenters. The van der Waals surface area contributed by atoms with Gasteiger partial charge in [-0.2, -0.15) is 0 Å². The van der Waals surface area contributed by atoms with Crippen LogP contribution in [0.4, 0.5) is 13.6 Å². The Bertz CT molecular complexity index is 573. The highest BCUT2D eigenvalue weighted by Crippen LogP contribution is 2.08. The highest BCUT2D eigenvalue weighted by atomic mass is 19.2. The molecule has 0 saturated carbocycles. The van der Waals surface area contributed by atoms with Gasteiger partial charge in [-0.1, -0.05) is 6.07 Å². The lowest BCUT2D eigenvalue weighted by Crippen LogP contribution is -2.38. The first-order valence-electron chi connectivity index (χ1n) is 5.32. The summed E-state index contributed by atoms with van der Waals surface area (Å²) in [5.41, 5.74) is 0.299. The molecule has 3 N–H and O–H groups in total. The Morgan fingerprint density at radius 2 is 1.85 bits per heavy atom. The lowest BCUT2D eigenvalue weighted by Gasteiger charge is -2.05. The second-order valence-corrected chi connectivity index (χ2v) is 3.59. The highest BCUT2D eigenvalue weighted by Gasteiger charge is 2.06. The van der Waals surface area contributed by atoms with E-state index in [2.05, 4.69) is 5.32 Å². The summed E-state index contributed by atoms with van der Waals surface area (Å²) in [6, 6.07) is 2.19. The Morgan fingerprint density at radius 3 is 2.45 bits per heavy atom. The van der Waals surface area contributed by atoms with Gasteiger partial charge in [0.25, 0.3) is 5.91 Å². The number of aliphatic carboxylic acids is 1. The smallest absolute Gasteiger partial charge is 0.328 e. The molecule has 0 bridgehead atoms. The largest absolute Gasteiger partial charge is 0.478 e. The van der Waals surface area contributed by atoms with E-state index in [0.29, 0.717) is 17.7 Å². The molecule has 20 heavy (non-hydrogen) atoms. The number of carbonyl (C=O) groups excluding carboxylic acids is 2. The van der Waals surface area contributed by atoms with Gasteiger partial charge in [-0.3, -0.25) is 10.1 Å². The summed E-state index contributed by atoms with van der Waals surface area (Å²) in [5.74, 6) is -4.31. The summed E-state index contributed by atoms with van der Waals surface area (Å²) in [5, 5.41) is 12.3. The van der Waals surface area contributed by atoms with Gasteiger partial charge in [0, 0.05) is 18.7 Å². The van der Waals surface area contributed by atoms with Crippen molar-refractivity contribution in [2.45, 2.75) is 6.54 Å². The quantitative estimate of drug-likeness (QED) is 0.717. The number of urea groups is 1. The summed E-state index contributed by atoms with van der Waals surface area (Å²) >= 11 is 0. The zero-order valence-corrected chi connectivity index (χ0v) is 10.0. The second-order valence-electron chi connectivity index (χ2n) is 3.59. The van der Waals surface area contributed by atoms with Gasteiger partial charge in [0.15, 0.2) is 11.6 Å². The average Bonchev–Trinajstić information content (AvgIpc) is 2.38. The van der Waals surface area contributed by atoms with Gasteiger partial charge in [0.05, 0.1) is 0 Å². The fourth-order valence-electron chi connectivity index (χ4n) is 1.18. The maximum atomic E-state index is 12.9. The molecule has 0 radical (unpaired) electrons. The topological polar surface area (TPSA) is 95.5 Å². The highest BCUT2D eigenvalue weighted by molar-refractivity contribution is 6.02. The number of nitrogens with one attached hydrogen (secondary N) is 2. The fraction of sp³-hybridized carbons (Fsp3) is 0.0833. The number of hydrogen-bond donors (Lipinski definition) is 3. The van der Waals surface area contributed by atoms with Crippen LogP contribution in [0.1, 0.15) is 5.56 Å². The number of imide groups is 1. The van der Waals surface area contributed by atoms with Crippen LogP contribution in [0.25, 0.3) is 0 Å². The monoisotopic (exact) mass is 284 g/mol. The van der Waals surface area contributed by atoms with Gasteiger partial charge < -0.3 is 10.4 Å². The number of carboxylic acids is 1. The third-order valence-electron chi connectivity index (χ3n) is 2.05. The maximum Gasteiger partial charge on any atom is 0.328 e. The van der Waals surface area contributed by atoms with Crippen molar-refractivity contribution < 1.29 is 28.3 Å². The molecule has 1 rings (SSSR count). The van der Waals surface area contributed by atoms with Crippen molar-refractivity contribution in [1.82, 2.24) is 10.6 Å². The van der Waals surface area contributed by atoms with E-state index >= 15 is 0 Å². The number of halogens is 2. The van der Waals surface area contributed by atoms with E-state index in [1.807, 2.05) is 5.32 Å². The molecule has 0 saturated heterocycles. The first-order valence-corrected chi connectivity index (χ1v) is 5.32. The summed E-state index contributed by atoms with van der Waals surface area (Å²) in [7, 11) is 0. The van der Waals surface area contributed by atoms with Crippen molar-refractivity contribution in [2.24, 2.45) is 0 Å². The number of hydrogen-bond acceptors (Lipinski definition) is 3. The van der Waals surface area contributed by atoms with Gasteiger partial charge in [-0.05, 0) is 17.7 Å². The fourth-order valence-corrected chi connectivity index (χ4v) is 1.18. The Hall–Kier alpha value is -2.77. The molecule has 1 aromatic rings. The molecular formula is C12H10F2N2O4. The zero-order valence-electron chi connectivity index (χ0n) is 10.0. The molecule has 6 nitrogen and oxygen atoms in total. The van der Waals surface area contributed by atoms with Gasteiger partial charge >= 0.3 is 12.0 Å². The summed E-state index contributed by atoms with van der Waals surface area (Å²) in [4.78, 5) is 32.4. The van der Waals surface area contributed by atoms with Crippen LogP contribution in [-0.2, 0) is 16.1 Å². The van der Waals surface area contributed by atoms with Crippen LogP contribution in [0.3, 0.4) is 0 Å². The van der Waals surface area contributed by atoms with Gasteiger partial charge in [-0.15, -0.1) is 0 Å². The van der Waals surface area contributed by atoms with Crippen molar-refractivity contribution in [3.05, 3.63) is 47.5 Å². The van der Waals surface area contributed by atoms with Crippen LogP contribution in [0.5, 0.6) is 0 Å². The minimum absolute atomic E-state index is 0.126. The molecule has 0 aromatic heterocycles. The first kappa shape index (κ1) is 15.3. The molecule has 0 aliphatic heterocycles. The van der Waals surface area contributed by atoms with E-state index in [1.165, 1.54) is 6.07 Å². The van der Waals surface area contributed by atoms with Crippen LogP contribution in [0, 0.1) is 11.6 Å². The van der Waals surface area contributed by atoms with E-state index in [1.54, 1.807) is 0 Å². The van der Waals surface area contributed by atoms with Crippen molar-refractivity contribution in [3.8, 4) is 0 Å². The molecule has 1 aromatic carbocycles. The SMILES string of the molecule is O=C(O)C=CC(=O)NC(=O)NCc1ccc(F)c(F)c1. The second kappa shape index (κ2) is 6.98. The Labute approximate surface area is 112 Å². The van der Waals surface area contributed by atoms with Gasteiger partial charge in [-0.25, -0.2) is 18.4 Å². The first-order chi connectivity index (χ1) is 9.38. The molecule has 106 valence electrons. The minimum Gasteiger partial charge on any atom is -0.478 e. The minimum atomic E-state index is -1.33. The molecule has 0 fully saturated rings. The lowest BCUT2D eigenvalue weighted by atomic mass is 10.2. The van der Waals surface area contributed by atoms with E-state index in [0.717, 1.165) is 12.1 Å². The summed E-state index contributed by atoms with van der Waals surface area (Å²) < 4.78 is 25.5. The molecule has 8 heteroatoms. The molecule has 0 unspecified atom stereocenters. The van der Waals surface area contributed by atoms with Crippen LogP contribution in [-0.4, -0.2) is 23.0 Å². The molecule has 0 aliphatic rings. The average molecular weight is 284 g/mol.